The van der Waals surface area contributed by atoms with Crippen molar-refractivity contribution in [3.8, 4) is 0 Å². The fourth-order valence-electron chi connectivity index (χ4n) is 3.64. The van der Waals surface area contributed by atoms with Crippen LogP contribution in [0.15, 0.2) is 60.7 Å². The van der Waals surface area contributed by atoms with E-state index in [1.54, 1.807) is 24.3 Å². The summed E-state index contributed by atoms with van der Waals surface area (Å²) in [5.41, 5.74) is 7.73. The van der Waals surface area contributed by atoms with Crippen molar-refractivity contribution in [2.24, 2.45) is 11.7 Å². The van der Waals surface area contributed by atoms with Gasteiger partial charge in [-0.15, -0.1) is 0 Å². The van der Waals surface area contributed by atoms with Gasteiger partial charge in [-0.1, -0.05) is 80.9 Å². The van der Waals surface area contributed by atoms with Crippen molar-refractivity contribution in [2.45, 2.75) is 64.2 Å². The maximum absolute atomic E-state index is 13.0. The molecule has 0 radical (unpaired) electrons. The van der Waals surface area contributed by atoms with Crippen LogP contribution in [0, 0.1) is 5.92 Å². The minimum Gasteiger partial charge on any atom is -0.480 e. The van der Waals surface area contributed by atoms with E-state index < -0.39 is 47.9 Å². The van der Waals surface area contributed by atoms with Crippen LogP contribution in [0.25, 0.3) is 0 Å². The maximum atomic E-state index is 13.0. The molecule has 0 aromatic heterocycles. The first kappa shape index (κ1) is 28.5. The minimum atomic E-state index is -1.18. The number of carbonyl (C=O) groups excluding carboxylic acids is 3. The van der Waals surface area contributed by atoms with E-state index in [9.17, 15) is 24.3 Å². The maximum Gasteiger partial charge on any atom is 0.326 e. The summed E-state index contributed by atoms with van der Waals surface area (Å²) in [5, 5.41) is 17.3. The standard InChI is InChI=1S/C27H36N4O5/c1-4-17(2)23(31-25(33)21(28)15-19-11-7-5-8-12-19)26(34)29-18(3)24(32)30-22(27(35)36)16-20-13-9-6-10-14-20/h5-14,17-18,21-23H,4,15-16,28H2,1-3H3,(H,29,34)(H,30,32)(H,31,33)(H,35,36). The molecule has 2 aromatic rings. The van der Waals surface area contributed by atoms with Gasteiger partial charge in [0.1, 0.15) is 18.1 Å². The average molecular weight is 497 g/mol. The van der Waals surface area contributed by atoms with Gasteiger partial charge < -0.3 is 26.8 Å². The van der Waals surface area contributed by atoms with Gasteiger partial charge in [-0.3, -0.25) is 14.4 Å². The number of aliphatic carboxylic acids is 1. The molecule has 0 heterocycles. The third kappa shape index (κ3) is 8.81. The van der Waals surface area contributed by atoms with Crippen LogP contribution in [-0.2, 0) is 32.0 Å². The van der Waals surface area contributed by atoms with Crippen LogP contribution < -0.4 is 21.7 Å². The smallest absolute Gasteiger partial charge is 0.326 e. The van der Waals surface area contributed by atoms with Crippen LogP contribution in [0.3, 0.4) is 0 Å². The van der Waals surface area contributed by atoms with Crippen molar-refractivity contribution in [2.75, 3.05) is 0 Å². The molecule has 2 rings (SSSR count). The van der Waals surface area contributed by atoms with E-state index in [1.807, 2.05) is 50.2 Å². The molecule has 5 atom stereocenters. The fraction of sp³-hybridized carbons (Fsp3) is 0.407. The normalized spacial score (nSPS) is 15.0. The monoisotopic (exact) mass is 496 g/mol. The Morgan fingerprint density at radius 2 is 1.31 bits per heavy atom. The largest absolute Gasteiger partial charge is 0.480 e. The van der Waals surface area contributed by atoms with E-state index >= 15 is 0 Å². The van der Waals surface area contributed by atoms with Gasteiger partial charge in [-0.05, 0) is 30.4 Å². The second kappa shape index (κ2) is 14.0. The molecule has 2 aromatic carbocycles. The number of benzene rings is 2. The van der Waals surface area contributed by atoms with Gasteiger partial charge in [-0.25, -0.2) is 4.79 Å². The highest BCUT2D eigenvalue weighted by Crippen LogP contribution is 2.10. The third-order valence-electron chi connectivity index (χ3n) is 6.08. The third-order valence-corrected chi connectivity index (χ3v) is 6.08. The first-order chi connectivity index (χ1) is 17.1. The lowest BCUT2D eigenvalue weighted by atomic mass is 9.97. The number of amides is 3. The number of hydrogen-bond donors (Lipinski definition) is 5. The Labute approximate surface area is 211 Å². The molecule has 194 valence electrons. The zero-order valence-corrected chi connectivity index (χ0v) is 20.9. The van der Waals surface area contributed by atoms with E-state index in [-0.39, 0.29) is 12.3 Å². The van der Waals surface area contributed by atoms with E-state index in [2.05, 4.69) is 16.0 Å². The molecule has 0 aliphatic heterocycles. The van der Waals surface area contributed by atoms with E-state index in [0.717, 1.165) is 11.1 Å². The van der Waals surface area contributed by atoms with Crippen LogP contribution >= 0.6 is 0 Å². The highest BCUT2D eigenvalue weighted by atomic mass is 16.4. The van der Waals surface area contributed by atoms with Crippen LogP contribution in [0.2, 0.25) is 0 Å². The van der Waals surface area contributed by atoms with E-state index in [4.69, 9.17) is 5.73 Å². The molecule has 0 aliphatic carbocycles. The van der Waals surface area contributed by atoms with Crippen LogP contribution in [0.1, 0.15) is 38.3 Å². The molecule has 3 amide bonds. The van der Waals surface area contributed by atoms with Gasteiger partial charge >= 0.3 is 5.97 Å². The predicted molar refractivity (Wildman–Crippen MR) is 137 cm³/mol. The summed E-state index contributed by atoms with van der Waals surface area (Å²) in [6, 6.07) is 14.3. The molecule has 36 heavy (non-hydrogen) atoms. The number of carboxylic acid groups (broad SMARTS) is 1. The summed E-state index contributed by atoms with van der Waals surface area (Å²) in [6.07, 6.45) is 1.02. The van der Waals surface area contributed by atoms with Crippen molar-refractivity contribution >= 4 is 23.7 Å². The van der Waals surface area contributed by atoms with Gasteiger partial charge in [0.05, 0.1) is 6.04 Å². The van der Waals surface area contributed by atoms with Gasteiger partial charge in [0.15, 0.2) is 0 Å². The lowest BCUT2D eigenvalue weighted by Crippen LogP contribution is -2.58. The summed E-state index contributed by atoms with van der Waals surface area (Å²) in [4.78, 5) is 50.1. The quantitative estimate of drug-likeness (QED) is 0.283. The Bertz CT molecular complexity index is 1020. The molecule has 5 unspecified atom stereocenters. The topological polar surface area (TPSA) is 151 Å². The van der Waals surface area contributed by atoms with E-state index in [0.29, 0.717) is 12.8 Å². The molecule has 0 fully saturated rings. The number of carbonyl (C=O) groups is 4. The van der Waals surface area contributed by atoms with Gasteiger partial charge in [0.25, 0.3) is 0 Å². The predicted octanol–water partition coefficient (Wildman–Crippen LogP) is 1.40. The molecule has 0 aliphatic rings. The highest BCUT2D eigenvalue weighted by Gasteiger charge is 2.31. The first-order valence-electron chi connectivity index (χ1n) is 12.1. The number of rotatable bonds is 13. The highest BCUT2D eigenvalue weighted by molar-refractivity contribution is 5.94. The van der Waals surface area contributed by atoms with Crippen LogP contribution in [-0.4, -0.2) is 53.0 Å². The van der Waals surface area contributed by atoms with Crippen molar-refractivity contribution in [1.82, 2.24) is 16.0 Å². The summed E-state index contributed by atoms with van der Waals surface area (Å²) in [6.45, 7) is 5.17. The van der Waals surface area contributed by atoms with Crippen molar-refractivity contribution in [3.63, 3.8) is 0 Å². The molecule has 9 heteroatoms. The van der Waals surface area contributed by atoms with E-state index in [1.165, 1.54) is 6.92 Å². The molecular weight excluding hydrogens is 460 g/mol. The molecule has 0 spiro atoms. The molecule has 0 saturated carbocycles. The fourth-order valence-corrected chi connectivity index (χ4v) is 3.64. The van der Waals surface area contributed by atoms with Crippen LogP contribution in [0.4, 0.5) is 0 Å². The lowest BCUT2D eigenvalue weighted by Gasteiger charge is -2.27. The van der Waals surface area contributed by atoms with Gasteiger partial charge in [0, 0.05) is 6.42 Å². The van der Waals surface area contributed by atoms with Gasteiger partial charge in [0.2, 0.25) is 17.7 Å². The average Bonchev–Trinajstić information content (AvgIpc) is 2.87. The summed E-state index contributed by atoms with van der Waals surface area (Å²) in [5.74, 6) is -3.05. The SMILES string of the molecule is CCC(C)C(NC(=O)C(N)Cc1ccccc1)C(=O)NC(C)C(=O)NC(Cc1ccccc1)C(=O)O. The lowest BCUT2D eigenvalue weighted by molar-refractivity contribution is -0.142. The Kier molecular flexibility index (Phi) is 11.1. The second-order valence-corrected chi connectivity index (χ2v) is 8.99. The number of carboxylic acids is 1. The Morgan fingerprint density at radius 1 is 0.778 bits per heavy atom. The zero-order valence-electron chi connectivity index (χ0n) is 20.9. The number of hydrogen-bond acceptors (Lipinski definition) is 5. The molecular formula is C27H36N4O5. The Morgan fingerprint density at radius 3 is 1.81 bits per heavy atom. The zero-order chi connectivity index (χ0) is 26.7. The Hall–Kier alpha value is -3.72. The minimum absolute atomic E-state index is 0.105. The molecule has 6 N–H and O–H groups in total. The number of nitrogens with two attached hydrogens (primary N) is 1. The summed E-state index contributed by atoms with van der Waals surface area (Å²) >= 11 is 0. The first-order valence-corrected chi connectivity index (χ1v) is 12.1. The van der Waals surface area contributed by atoms with Crippen LogP contribution in [0.5, 0.6) is 0 Å². The van der Waals surface area contributed by atoms with Crippen molar-refractivity contribution in [3.05, 3.63) is 71.8 Å². The van der Waals surface area contributed by atoms with Crippen molar-refractivity contribution < 1.29 is 24.3 Å². The van der Waals surface area contributed by atoms with Gasteiger partial charge in [-0.2, -0.15) is 0 Å². The second-order valence-electron chi connectivity index (χ2n) is 8.99. The molecule has 0 saturated heterocycles. The summed E-state index contributed by atoms with van der Waals surface area (Å²) < 4.78 is 0. The van der Waals surface area contributed by atoms with Crippen molar-refractivity contribution in [1.29, 1.82) is 0 Å². The molecule has 0 bridgehead atoms. The molecule has 9 nitrogen and oxygen atoms in total. The Balaban J connectivity index is 1.99. The summed E-state index contributed by atoms with van der Waals surface area (Å²) in [7, 11) is 0. The number of nitrogens with one attached hydrogen (secondary N) is 3.